The van der Waals surface area contributed by atoms with Crippen molar-refractivity contribution in [1.29, 1.82) is 0 Å². The fourth-order valence-electron chi connectivity index (χ4n) is 1.48. The van der Waals surface area contributed by atoms with Gasteiger partial charge in [-0.3, -0.25) is 0 Å². The number of halogens is 2. The zero-order chi connectivity index (χ0) is 15.8. The van der Waals surface area contributed by atoms with Crippen LogP contribution in [0.15, 0.2) is 32.1 Å². The summed E-state index contributed by atoms with van der Waals surface area (Å²) in [5, 5.41) is 12.5. The van der Waals surface area contributed by atoms with E-state index in [1.807, 2.05) is 0 Å². The molecule has 0 aliphatic rings. The first-order valence-corrected chi connectivity index (χ1v) is 8.04. The lowest BCUT2D eigenvalue weighted by molar-refractivity contribution is 0.0696. The summed E-state index contributed by atoms with van der Waals surface area (Å²) in [6, 6.07) is 3.54. The zero-order valence-corrected chi connectivity index (χ0v) is 13.6. The Bertz CT molecular complexity index is 818. The number of hydrogen-bond acceptors (Lipinski definition) is 5. The van der Waals surface area contributed by atoms with Crippen LogP contribution in [0.1, 0.15) is 16.1 Å². The zero-order valence-electron chi connectivity index (χ0n) is 10.4. The molecule has 0 amide bonds. The molecule has 2 aromatic rings. The average molecular weight is 396 g/mol. The molecule has 0 radical (unpaired) electrons. The van der Waals surface area contributed by atoms with Gasteiger partial charge in [-0.15, -0.1) is 0 Å². The highest BCUT2D eigenvalue weighted by atomic mass is 79.9. The topological polar surface area (TPSA) is 110 Å². The van der Waals surface area contributed by atoms with E-state index in [4.69, 9.17) is 21.2 Å². The molecule has 1 aromatic heterocycles. The number of aromatic carboxylic acids is 1. The molecule has 7 nitrogen and oxygen atoms in total. The Hall–Kier alpha value is -1.58. The lowest BCUT2D eigenvalue weighted by Crippen LogP contribution is -2.13. The van der Waals surface area contributed by atoms with Crippen LogP contribution in [0, 0.1) is 6.92 Å². The molecule has 0 spiro atoms. The van der Waals surface area contributed by atoms with Crippen LogP contribution < -0.4 is 4.72 Å². The molecule has 1 heterocycles. The predicted octanol–water partition coefficient (Wildman–Crippen LogP) is 2.90. The molecular weight excluding hydrogens is 388 g/mol. The Morgan fingerprint density at radius 2 is 2.10 bits per heavy atom. The summed E-state index contributed by atoms with van der Waals surface area (Å²) in [5.41, 5.74) is 0.163. The number of aromatic nitrogens is 1. The third-order valence-electron chi connectivity index (χ3n) is 2.41. The van der Waals surface area contributed by atoms with Crippen LogP contribution in [0.4, 0.5) is 5.88 Å². The van der Waals surface area contributed by atoms with Gasteiger partial charge in [0, 0.05) is 10.5 Å². The lowest BCUT2D eigenvalue weighted by Gasteiger charge is -2.08. The highest BCUT2D eigenvalue weighted by Crippen LogP contribution is 2.30. The van der Waals surface area contributed by atoms with E-state index in [1.54, 1.807) is 6.92 Å². The monoisotopic (exact) mass is 394 g/mol. The fourth-order valence-corrected chi connectivity index (χ4v) is 3.30. The van der Waals surface area contributed by atoms with Gasteiger partial charge in [0.25, 0.3) is 10.0 Å². The molecule has 2 N–H and O–H groups in total. The maximum Gasteiger partial charge on any atom is 0.337 e. The molecule has 0 saturated carbocycles. The van der Waals surface area contributed by atoms with Crippen molar-refractivity contribution < 1.29 is 22.8 Å². The van der Waals surface area contributed by atoms with Gasteiger partial charge in [-0.1, -0.05) is 16.8 Å². The summed E-state index contributed by atoms with van der Waals surface area (Å²) in [4.78, 5) is 10.8. The van der Waals surface area contributed by atoms with Crippen molar-refractivity contribution >= 4 is 49.4 Å². The van der Waals surface area contributed by atoms with Crippen LogP contribution >= 0.6 is 27.5 Å². The molecule has 0 saturated heterocycles. The average Bonchev–Trinajstić information content (AvgIpc) is 2.76. The quantitative estimate of drug-likeness (QED) is 0.824. The van der Waals surface area contributed by atoms with Gasteiger partial charge < -0.3 is 9.63 Å². The number of carboxylic acids is 1. The molecule has 0 unspecified atom stereocenters. The van der Waals surface area contributed by atoms with Crippen molar-refractivity contribution in [3.63, 3.8) is 0 Å². The Kier molecular flexibility index (Phi) is 4.26. The Balaban J connectivity index is 2.47. The number of aryl methyl sites for hydroxylation is 1. The first-order valence-electron chi connectivity index (χ1n) is 5.39. The predicted molar refractivity (Wildman–Crippen MR) is 78.2 cm³/mol. The van der Waals surface area contributed by atoms with Crippen LogP contribution in [-0.2, 0) is 10.0 Å². The number of rotatable bonds is 4. The second kappa shape index (κ2) is 5.66. The largest absolute Gasteiger partial charge is 0.478 e. The van der Waals surface area contributed by atoms with Crippen LogP contribution in [0.2, 0.25) is 5.02 Å². The molecule has 2 rings (SSSR count). The molecule has 0 aliphatic heterocycles. The molecular formula is C11H8BrClN2O5S. The molecule has 0 atom stereocenters. The van der Waals surface area contributed by atoms with Gasteiger partial charge in [-0.2, -0.15) is 0 Å². The summed E-state index contributed by atoms with van der Waals surface area (Å²) in [7, 11) is -4.03. The molecule has 1 aromatic carbocycles. The lowest BCUT2D eigenvalue weighted by atomic mass is 10.2. The Morgan fingerprint density at radius 3 is 2.62 bits per heavy atom. The number of hydrogen-bond donors (Lipinski definition) is 2. The Labute approximate surface area is 133 Å². The number of nitrogens with one attached hydrogen (secondary N) is 1. The van der Waals surface area contributed by atoms with E-state index in [0.717, 1.165) is 6.07 Å². The van der Waals surface area contributed by atoms with E-state index in [2.05, 4.69) is 25.8 Å². The second-order valence-electron chi connectivity index (χ2n) is 4.01. The molecule has 21 heavy (non-hydrogen) atoms. The Morgan fingerprint density at radius 1 is 1.43 bits per heavy atom. The van der Waals surface area contributed by atoms with Crippen LogP contribution in [0.5, 0.6) is 0 Å². The molecule has 0 aliphatic carbocycles. The van der Waals surface area contributed by atoms with Crippen molar-refractivity contribution in [2.24, 2.45) is 0 Å². The van der Waals surface area contributed by atoms with Crippen molar-refractivity contribution in [1.82, 2.24) is 5.16 Å². The maximum absolute atomic E-state index is 12.2. The van der Waals surface area contributed by atoms with E-state index >= 15 is 0 Å². The summed E-state index contributed by atoms with van der Waals surface area (Å²) < 4.78 is 31.5. The van der Waals surface area contributed by atoms with Gasteiger partial charge in [0.1, 0.15) is 0 Å². The van der Waals surface area contributed by atoms with Crippen molar-refractivity contribution in [3.8, 4) is 0 Å². The number of carbonyl (C=O) groups is 1. The van der Waals surface area contributed by atoms with Gasteiger partial charge in [-0.25, -0.2) is 17.9 Å². The first-order chi connectivity index (χ1) is 9.70. The number of carboxylic acid groups (broad SMARTS) is 1. The number of nitrogens with zero attached hydrogens (tertiary/aromatic N) is 1. The SMILES string of the molecule is Cc1cc(NS(=O)(=O)c2cc(Br)c(Cl)c(C(=O)O)c2)on1. The highest BCUT2D eigenvalue weighted by molar-refractivity contribution is 9.10. The van der Waals surface area contributed by atoms with E-state index in [-0.39, 0.29) is 25.8 Å². The highest BCUT2D eigenvalue weighted by Gasteiger charge is 2.22. The molecule has 10 heteroatoms. The van der Waals surface area contributed by atoms with E-state index < -0.39 is 16.0 Å². The molecule has 112 valence electrons. The van der Waals surface area contributed by atoms with Crippen molar-refractivity contribution in [3.05, 3.63) is 39.0 Å². The third kappa shape index (κ3) is 3.36. The number of sulfonamides is 1. The van der Waals surface area contributed by atoms with Gasteiger partial charge >= 0.3 is 5.97 Å². The molecule has 0 fully saturated rings. The van der Waals surface area contributed by atoms with Crippen molar-refractivity contribution in [2.45, 2.75) is 11.8 Å². The third-order valence-corrected chi connectivity index (χ3v) is 4.99. The minimum Gasteiger partial charge on any atom is -0.478 e. The van der Waals surface area contributed by atoms with E-state index in [1.165, 1.54) is 12.1 Å². The minimum atomic E-state index is -4.03. The summed E-state index contributed by atoms with van der Waals surface area (Å²) in [6.45, 7) is 1.63. The van der Waals surface area contributed by atoms with Gasteiger partial charge in [0.15, 0.2) is 0 Å². The van der Waals surface area contributed by atoms with Crippen LogP contribution in [-0.4, -0.2) is 24.7 Å². The van der Waals surface area contributed by atoms with E-state index in [9.17, 15) is 13.2 Å². The normalized spacial score (nSPS) is 11.4. The van der Waals surface area contributed by atoms with Crippen LogP contribution in [0.25, 0.3) is 0 Å². The minimum absolute atomic E-state index is 0.0737. The smallest absolute Gasteiger partial charge is 0.337 e. The summed E-state index contributed by atoms with van der Waals surface area (Å²) >= 11 is 8.83. The van der Waals surface area contributed by atoms with Crippen LogP contribution in [0.3, 0.4) is 0 Å². The standard InChI is InChI=1S/C11H8BrClN2O5S/c1-5-2-9(20-14-5)15-21(18,19)6-3-7(11(16)17)10(13)8(12)4-6/h2-4,15H,1H3,(H,16,17). The van der Waals surface area contributed by atoms with Crippen molar-refractivity contribution in [2.75, 3.05) is 4.72 Å². The second-order valence-corrected chi connectivity index (χ2v) is 6.92. The molecule has 0 bridgehead atoms. The number of anilines is 1. The first kappa shape index (κ1) is 15.8. The summed E-state index contributed by atoms with van der Waals surface area (Å²) in [5.74, 6) is -1.41. The fraction of sp³-hybridized carbons (Fsp3) is 0.0909. The number of benzene rings is 1. The van der Waals surface area contributed by atoms with E-state index in [0.29, 0.717) is 5.69 Å². The van der Waals surface area contributed by atoms with Gasteiger partial charge in [-0.05, 0) is 35.0 Å². The van der Waals surface area contributed by atoms with Gasteiger partial charge in [0.2, 0.25) is 5.88 Å². The summed E-state index contributed by atoms with van der Waals surface area (Å²) in [6.07, 6.45) is 0. The maximum atomic E-state index is 12.2. The van der Waals surface area contributed by atoms with Gasteiger partial charge in [0.05, 0.1) is 21.2 Å².